The Kier molecular flexibility index (Phi) is 61.0. The minimum atomic E-state index is -1.52. The molecule has 0 aromatic rings. The molecule has 0 heterocycles. The fourth-order valence-corrected chi connectivity index (χ4v) is 8.70. The number of quaternary nitrogens is 1. The number of carbonyl (C=O) groups excluding carboxylic acids is 2. The second kappa shape index (κ2) is 64.9. The van der Waals surface area contributed by atoms with Gasteiger partial charge in [0, 0.05) is 12.8 Å². The van der Waals surface area contributed by atoms with E-state index in [4.69, 9.17) is 18.9 Å². The highest BCUT2D eigenvalue weighted by Gasteiger charge is 2.25. The van der Waals surface area contributed by atoms with Crippen LogP contribution in [-0.4, -0.2) is 87.4 Å². The van der Waals surface area contributed by atoms with E-state index in [-0.39, 0.29) is 38.6 Å². The maximum atomic E-state index is 12.9. The normalized spacial score (nSPS) is 13.8. The minimum Gasteiger partial charge on any atom is -0.477 e. The molecular formula is C76H124NO8+. The van der Waals surface area contributed by atoms with Gasteiger partial charge in [0.2, 0.25) is 0 Å². The van der Waals surface area contributed by atoms with Crippen molar-refractivity contribution in [1.29, 1.82) is 0 Å². The van der Waals surface area contributed by atoms with Gasteiger partial charge in [-0.15, -0.1) is 0 Å². The maximum absolute atomic E-state index is 12.9. The topological polar surface area (TPSA) is 108 Å². The van der Waals surface area contributed by atoms with Crippen molar-refractivity contribution in [1.82, 2.24) is 0 Å². The Labute approximate surface area is 521 Å². The lowest BCUT2D eigenvalue weighted by Gasteiger charge is -2.25. The number of carbonyl (C=O) groups is 3. The van der Waals surface area contributed by atoms with Crippen LogP contribution in [0.1, 0.15) is 245 Å². The quantitative estimate of drug-likeness (QED) is 0.0211. The monoisotopic (exact) mass is 1180 g/mol. The summed E-state index contributed by atoms with van der Waals surface area (Å²) in [4.78, 5) is 37.6. The molecular weight excluding hydrogens is 1050 g/mol. The molecule has 0 rings (SSSR count). The molecule has 0 saturated heterocycles. The number of likely N-dealkylation sites (N-methyl/N-ethyl adjacent to an activating group) is 1. The Morgan fingerprint density at radius 1 is 0.353 bits per heavy atom. The summed E-state index contributed by atoms with van der Waals surface area (Å²) in [6, 6.07) is 0. The van der Waals surface area contributed by atoms with Crippen LogP contribution < -0.4 is 0 Å². The summed E-state index contributed by atoms with van der Waals surface area (Å²) in [6.07, 6.45) is 93.3. The second-order valence-electron chi connectivity index (χ2n) is 23.0. The van der Waals surface area contributed by atoms with E-state index in [1.165, 1.54) is 70.6 Å². The molecule has 0 bridgehead atoms. The summed E-state index contributed by atoms with van der Waals surface area (Å²) >= 11 is 0. The number of nitrogens with zero attached hydrogens (tertiary/aromatic N) is 1. The predicted octanol–water partition coefficient (Wildman–Crippen LogP) is 20.9. The first-order chi connectivity index (χ1) is 41.6. The highest BCUT2D eigenvalue weighted by Crippen LogP contribution is 2.15. The maximum Gasteiger partial charge on any atom is 0.361 e. The van der Waals surface area contributed by atoms with E-state index in [1.807, 2.05) is 21.1 Å². The van der Waals surface area contributed by atoms with Crippen molar-refractivity contribution in [3.63, 3.8) is 0 Å². The van der Waals surface area contributed by atoms with E-state index in [2.05, 4.69) is 172 Å². The summed E-state index contributed by atoms with van der Waals surface area (Å²) in [7, 11) is 5.96. The number of ether oxygens (including phenoxy) is 4. The van der Waals surface area contributed by atoms with Crippen molar-refractivity contribution < 1.29 is 42.9 Å². The fraction of sp³-hybridized carbons (Fsp3) is 0.618. The Balaban J connectivity index is 4.23. The van der Waals surface area contributed by atoms with E-state index >= 15 is 0 Å². The zero-order valence-electron chi connectivity index (χ0n) is 54.7. The third kappa shape index (κ3) is 66.3. The zero-order chi connectivity index (χ0) is 61.9. The van der Waals surface area contributed by atoms with Crippen LogP contribution in [0.3, 0.4) is 0 Å². The van der Waals surface area contributed by atoms with Gasteiger partial charge in [-0.25, -0.2) is 4.79 Å². The van der Waals surface area contributed by atoms with Crippen LogP contribution in [-0.2, 0) is 33.3 Å². The van der Waals surface area contributed by atoms with Crippen LogP contribution in [0.25, 0.3) is 0 Å². The van der Waals surface area contributed by atoms with Gasteiger partial charge in [-0.1, -0.05) is 268 Å². The van der Waals surface area contributed by atoms with Gasteiger partial charge in [0.1, 0.15) is 13.2 Å². The van der Waals surface area contributed by atoms with Crippen molar-refractivity contribution in [3.8, 4) is 0 Å². The average Bonchev–Trinajstić information content (AvgIpc) is 3.49. The van der Waals surface area contributed by atoms with E-state index in [0.717, 1.165) is 141 Å². The highest BCUT2D eigenvalue weighted by atomic mass is 16.7. The van der Waals surface area contributed by atoms with Crippen LogP contribution in [0.5, 0.6) is 0 Å². The second-order valence-corrected chi connectivity index (χ2v) is 23.0. The number of carboxylic acids is 1. The molecule has 0 aromatic carbocycles. The molecule has 0 aliphatic rings. The van der Waals surface area contributed by atoms with Crippen molar-refractivity contribution in [2.24, 2.45) is 0 Å². The van der Waals surface area contributed by atoms with Crippen LogP contribution in [0.4, 0.5) is 0 Å². The molecule has 9 heteroatoms. The first-order valence-electron chi connectivity index (χ1n) is 33.6. The fourth-order valence-electron chi connectivity index (χ4n) is 8.70. The van der Waals surface area contributed by atoms with Gasteiger partial charge in [-0.2, -0.15) is 0 Å². The summed E-state index contributed by atoms with van der Waals surface area (Å²) in [6.45, 7) is 4.63. The first-order valence-corrected chi connectivity index (χ1v) is 33.6. The van der Waals surface area contributed by atoms with Crippen molar-refractivity contribution in [2.75, 3.05) is 47.5 Å². The Morgan fingerprint density at radius 3 is 0.941 bits per heavy atom. The number of allylic oxidation sites excluding steroid dienone is 26. The molecule has 0 radical (unpaired) electrons. The molecule has 2 atom stereocenters. The highest BCUT2D eigenvalue weighted by molar-refractivity contribution is 5.71. The molecule has 0 fully saturated rings. The molecule has 0 aliphatic heterocycles. The number of carboxylic acid groups (broad SMARTS) is 1. The summed E-state index contributed by atoms with van der Waals surface area (Å²) < 4.78 is 22.9. The molecule has 480 valence electrons. The molecule has 0 saturated carbocycles. The predicted molar refractivity (Wildman–Crippen MR) is 363 cm³/mol. The molecule has 2 unspecified atom stereocenters. The Bertz CT molecular complexity index is 1950. The van der Waals surface area contributed by atoms with Crippen LogP contribution in [0.2, 0.25) is 0 Å². The summed E-state index contributed by atoms with van der Waals surface area (Å²) in [5.41, 5.74) is 0. The SMILES string of the molecule is CC/C=C\C/C=C\C/C=C\C/C=C\C/C=C\C/C=C\C/C=C\CCCCCCCCCCCC(=O)OC(COC(=O)CCCCCCCCCCCC/C=C\C/C=C\C/C=C\C/C=C\C/C=C\C/C=C\CC)COC(OCC[N+](C)(C)C)C(=O)O. The number of aliphatic carboxylic acids is 1. The van der Waals surface area contributed by atoms with Gasteiger partial charge in [0.15, 0.2) is 6.10 Å². The third-order valence-corrected chi connectivity index (χ3v) is 13.8. The largest absolute Gasteiger partial charge is 0.477 e. The lowest BCUT2D eigenvalue weighted by atomic mass is 10.1. The van der Waals surface area contributed by atoms with Crippen LogP contribution in [0, 0.1) is 0 Å². The zero-order valence-corrected chi connectivity index (χ0v) is 54.7. The molecule has 0 aromatic heterocycles. The van der Waals surface area contributed by atoms with Crippen molar-refractivity contribution in [2.45, 2.75) is 257 Å². The lowest BCUT2D eigenvalue weighted by Crippen LogP contribution is -2.40. The first kappa shape index (κ1) is 79.9. The molecule has 0 spiro atoms. The summed E-state index contributed by atoms with van der Waals surface area (Å²) in [5.74, 6) is -2.03. The molecule has 1 N–H and O–H groups in total. The molecule has 85 heavy (non-hydrogen) atoms. The smallest absolute Gasteiger partial charge is 0.361 e. The third-order valence-electron chi connectivity index (χ3n) is 13.8. The van der Waals surface area contributed by atoms with Gasteiger partial charge in [0.25, 0.3) is 6.29 Å². The number of unbranched alkanes of at least 4 members (excludes halogenated alkanes) is 19. The van der Waals surface area contributed by atoms with Gasteiger partial charge >= 0.3 is 17.9 Å². The summed E-state index contributed by atoms with van der Waals surface area (Å²) in [5, 5.41) is 9.74. The minimum absolute atomic E-state index is 0.177. The standard InChI is InChI=1S/C76H123NO8/c1-6-8-10-12-14-16-18-20-22-24-26-28-30-32-34-36-37-39-41-43-45-47-49-51-53-55-57-59-61-63-65-67-74(79)85-72(71-84-76(75(80)81)82-69-68-77(3,4)5)70-83-73(78)66-64-62-60-58-56-54-52-50-48-46-44-42-40-38-35-33-31-29-27-25-23-21-19-17-15-13-11-9-7-2/h8-11,14-17,20-23,26-29,32-35,37,39-40,42-43,45,72,76H,6-7,12-13,18-19,24-25,30-31,36,38,41,44,46-71H2,1-5H3/p+1/b10-8-,11-9-,16-14-,17-15-,22-20-,23-21-,28-26-,29-27-,34-32-,35-33-,39-37-,42-40-,45-43-. The van der Waals surface area contributed by atoms with Crippen molar-refractivity contribution >= 4 is 17.9 Å². The van der Waals surface area contributed by atoms with Crippen LogP contribution >= 0.6 is 0 Å². The van der Waals surface area contributed by atoms with E-state index in [9.17, 15) is 19.5 Å². The average molecular weight is 1180 g/mol. The molecule has 9 nitrogen and oxygen atoms in total. The number of esters is 2. The van der Waals surface area contributed by atoms with Crippen LogP contribution in [0.15, 0.2) is 158 Å². The molecule has 0 aliphatic carbocycles. The number of rotatable bonds is 60. The Hall–Kier alpha value is -5.09. The number of hydrogen-bond donors (Lipinski definition) is 1. The lowest BCUT2D eigenvalue weighted by molar-refractivity contribution is -0.870. The number of hydrogen-bond acceptors (Lipinski definition) is 7. The van der Waals surface area contributed by atoms with Gasteiger partial charge in [-0.3, -0.25) is 9.59 Å². The Morgan fingerprint density at radius 2 is 0.635 bits per heavy atom. The van der Waals surface area contributed by atoms with Crippen molar-refractivity contribution in [3.05, 3.63) is 158 Å². The van der Waals surface area contributed by atoms with E-state index in [1.54, 1.807) is 0 Å². The van der Waals surface area contributed by atoms with Gasteiger partial charge in [0.05, 0.1) is 34.4 Å². The van der Waals surface area contributed by atoms with Gasteiger partial charge < -0.3 is 28.5 Å². The van der Waals surface area contributed by atoms with E-state index < -0.39 is 24.3 Å². The molecule has 0 amide bonds. The van der Waals surface area contributed by atoms with Gasteiger partial charge in [-0.05, 0) is 122 Å². The van der Waals surface area contributed by atoms with E-state index in [0.29, 0.717) is 17.4 Å².